The normalized spacial score (nSPS) is 13.0. The number of nitrogens with one attached hydrogen (secondary N) is 1. The Hall–Kier alpha value is -0.910. The molecule has 0 heterocycles. The van der Waals surface area contributed by atoms with E-state index in [1.165, 1.54) is 38.5 Å². The molecule has 0 aliphatic heterocycles. The highest BCUT2D eigenvalue weighted by molar-refractivity contribution is 7.89. The minimum absolute atomic E-state index is 0.165. The summed E-state index contributed by atoms with van der Waals surface area (Å²) in [5.41, 5.74) is 1.05. The molecule has 0 aliphatic rings. The maximum Gasteiger partial charge on any atom is 0.240 e. The smallest absolute Gasteiger partial charge is 0.240 e. The molecule has 0 saturated heterocycles. The number of aryl methyl sites for hydroxylation is 1. The number of benzene rings is 1. The number of hydrogen-bond donors (Lipinski definition) is 1. The van der Waals surface area contributed by atoms with Crippen molar-refractivity contribution in [1.82, 2.24) is 4.72 Å². The van der Waals surface area contributed by atoms with Gasteiger partial charge < -0.3 is 4.74 Å². The monoisotopic (exact) mass is 383 g/mol. The van der Waals surface area contributed by atoms with Gasteiger partial charge in [0.05, 0.1) is 11.5 Å². The first-order valence-electron chi connectivity index (χ1n) is 10.2. The highest BCUT2D eigenvalue weighted by Crippen LogP contribution is 2.14. The predicted molar refractivity (Wildman–Crippen MR) is 109 cm³/mol. The van der Waals surface area contributed by atoms with Crippen molar-refractivity contribution in [1.29, 1.82) is 0 Å². The van der Waals surface area contributed by atoms with Gasteiger partial charge in [0, 0.05) is 12.6 Å². The number of unbranched alkanes of at least 4 members (excludes halogenated alkanes) is 7. The van der Waals surface area contributed by atoms with E-state index in [0.29, 0.717) is 18.1 Å². The van der Waals surface area contributed by atoms with E-state index in [-0.39, 0.29) is 6.04 Å². The van der Waals surface area contributed by atoms with Gasteiger partial charge in [-0.25, -0.2) is 13.1 Å². The Morgan fingerprint density at radius 1 is 0.923 bits per heavy atom. The van der Waals surface area contributed by atoms with Gasteiger partial charge in [-0.15, -0.1) is 0 Å². The van der Waals surface area contributed by atoms with E-state index in [0.717, 1.165) is 24.8 Å². The Morgan fingerprint density at radius 3 is 2.08 bits per heavy atom. The van der Waals surface area contributed by atoms with Crippen LogP contribution in [0.4, 0.5) is 0 Å². The highest BCUT2D eigenvalue weighted by Gasteiger charge is 2.19. The molecule has 0 amide bonds. The highest BCUT2D eigenvalue weighted by atomic mass is 32.2. The summed E-state index contributed by atoms with van der Waals surface area (Å²) in [5, 5.41) is 0. The molecule has 0 bridgehead atoms. The van der Waals surface area contributed by atoms with Crippen molar-refractivity contribution in [3.8, 4) is 0 Å². The lowest BCUT2D eigenvalue weighted by atomic mass is 10.1. The minimum atomic E-state index is -3.49. The van der Waals surface area contributed by atoms with Crippen LogP contribution in [0.2, 0.25) is 0 Å². The van der Waals surface area contributed by atoms with Gasteiger partial charge in [0.1, 0.15) is 0 Å². The summed E-state index contributed by atoms with van der Waals surface area (Å²) in [7, 11) is -3.49. The van der Waals surface area contributed by atoms with Crippen LogP contribution in [-0.2, 0) is 14.8 Å². The number of ether oxygens (including phenoxy) is 1. The molecular formula is C21H37NO3S. The van der Waals surface area contributed by atoms with Crippen LogP contribution in [0, 0.1) is 6.92 Å². The van der Waals surface area contributed by atoms with Gasteiger partial charge in [-0.3, -0.25) is 0 Å². The molecule has 1 rings (SSSR count). The molecule has 0 spiro atoms. The summed E-state index contributed by atoms with van der Waals surface area (Å²) in [5.74, 6) is 0. The van der Waals surface area contributed by atoms with E-state index in [1.54, 1.807) is 12.1 Å². The summed E-state index contributed by atoms with van der Waals surface area (Å²) < 4.78 is 33.5. The molecule has 26 heavy (non-hydrogen) atoms. The van der Waals surface area contributed by atoms with E-state index in [9.17, 15) is 8.42 Å². The molecule has 5 heteroatoms. The average Bonchev–Trinajstić information content (AvgIpc) is 2.61. The maximum atomic E-state index is 12.6. The van der Waals surface area contributed by atoms with Crippen molar-refractivity contribution in [2.24, 2.45) is 0 Å². The number of rotatable bonds is 15. The molecule has 0 saturated carbocycles. The summed E-state index contributed by atoms with van der Waals surface area (Å²) >= 11 is 0. The van der Waals surface area contributed by atoms with Crippen LogP contribution < -0.4 is 4.72 Å². The van der Waals surface area contributed by atoms with Crippen molar-refractivity contribution in [2.75, 3.05) is 13.2 Å². The van der Waals surface area contributed by atoms with Crippen LogP contribution in [0.1, 0.15) is 77.2 Å². The Bertz CT molecular complexity index is 569. The molecule has 0 aromatic heterocycles. The van der Waals surface area contributed by atoms with E-state index in [2.05, 4.69) is 11.6 Å². The molecule has 1 aromatic carbocycles. The van der Waals surface area contributed by atoms with Gasteiger partial charge in [-0.1, -0.05) is 76.0 Å². The average molecular weight is 384 g/mol. The molecule has 1 atom stereocenters. The predicted octanol–water partition coefficient (Wildman–Crippen LogP) is 5.21. The lowest BCUT2D eigenvalue weighted by Gasteiger charge is -2.19. The molecule has 0 aliphatic carbocycles. The standard InChI is InChI=1S/C21H37NO3S/c1-4-6-7-8-9-10-11-12-13-20(18-25-5-2)22-26(23,24)21-16-14-19(3)15-17-21/h14-17,20,22H,4-13,18H2,1-3H3/t20-/m0/s1. The van der Waals surface area contributed by atoms with Gasteiger partial charge in [0.2, 0.25) is 10.0 Å². The van der Waals surface area contributed by atoms with E-state index >= 15 is 0 Å². The van der Waals surface area contributed by atoms with Crippen molar-refractivity contribution >= 4 is 10.0 Å². The van der Waals surface area contributed by atoms with Crippen molar-refractivity contribution in [2.45, 2.75) is 89.5 Å². The Balaban J connectivity index is 2.44. The van der Waals surface area contributed by atoms with Gasteiger partial charge >= 0.3 is 0 Å². The topological polar surface area (TPSA) is 55.4 Å². The Kier molecular flexibility index (Phi) is 11.8. The molecule has 4 nitrogen and oxygen atoms in total. The third-order valence-corrected chi connectivity index (χ3v) is 6.12. The van der Waals surface area contributed by atoms with Crippen LogP contribution in [-0.4, -0.2) is 27.7 Å². The second kappa shape index (κ2) is 13.3. The van der Waals surface area contributed by atoms with Crippen molar-refractivity contribution in [3.63, 3.8) is 0 Å². The van der Waals surface area contributed by atoms with E-state index < -0.39 is 10.0 Å². The Labute approximate surface area is 160 Å². The molecule has 0 unspecified atom stereocenters. The molecule has 1 N–H and O–H groups in total. The number of sulfonamides is 1. The lowest BCUT2D eigenvalue weighted by molar-refractivity contribution is 0.125. The zero-order valence-corrected chi connectivity index (χ0v) is 17.6. The molecule has 0 fully saturated rings. The Morgan fingerprint density at radius 2 is 1.50 bits per heavy atom. The van der Waals surface area contributed by atoms with Gasteiger partial charge in [-0.2, -0.15) is 0 Å². The zero-order chi connectivity index (χ0) is 19.3. The van der Waals surface area contributed by atoms with Crippen LogP contribution in [0.25, 0.3) is 0 Å². The van der Waals surface area contributed by atoms with E-state index in [1.807, 2.05) is 26.0 Å². The summed E-state index contributed by atoms with van der Waals surface area (Å²) in [6, 6.07) is 6.80. The van der Waals surface area contributed by atoms with Crippen LogP contribution in [0.3, 0.4) is 0 Å². The summed E-state index contributed by atoms with van der Waals surface area (Å²) in [6.07, 6.45) is 10.8. The first kappa shape index (κ1) is 23.1. The fourth-order valence-electron chi connectivity index (χ4n) is 2.97. The largest absolute Gasteiger partial charge is 0.380 e. The third-order valence-electron chi connectivity index (χ3n) is 4.58. The van der Waals surface area contributed by atoms with Gasteiger partial charge in [-0.05, 0) is 32.4 Å². The molecular weight excluding hydrogens is 346 g/mol. The zero-order valence-electron chi connectivity index (χ0n) is 16.8. The molecule has 0 radical (unpaired) electrons. The summed E-state index contributed by atoms with van der Waals surface area (Å²) in [4.78, 5) is 0.320. The molecule has 1 aromatic rings. The maximum absolute atomic E-state index is 12.6. The van der Waals surface area contributed by atoms with Crippen LogP contribution in [0.15, 0.2) is 29.2 Å². The fraction of sp³-hybridized carbons (Fsp3) is 0.714. The minimum Gasteiger partial charge on any atom is -0.380 e. The SMILES string of the molecule is CCCCCCCCCC[C@@H](COCC)NS(=O)(=O)c1ccc(C)cc1. The van der Waals surface area contributed by atoms with Crippen LogP contribution >= 0.6 is 0 Å². The first-order valence-corrected chi connectivity index (χ1v) is 11.6. The first-order chi connectivity index (χ1) is 12.5. The van der Waals surface area contributed by atoms with Crippen molar-refractivity contribution < 1.29 is 13.2 Å². The van der Waals surface area contributed by atoms with Crippen molar-refractivity contribution in [3.05, 3.63) is 29.8 Å². The van der Waals surface area contributed by atoms with Gasteiger partial charge in [0.25, 0.3) is 0 Å². The lowest BCUT2D eigenvalue weighted by Crippen LogP contribution is -2.38. The van der Waals surface area contributed by atoms with E-state index in [4.69, 9.17) is 4.74 Å². The van der Waals surface area contributed by atoms with Crippen LogP contribution in [0.5, 0.6) is 0 Å². The van der Waals surface area contributed by atoms with Gasteiger partial charge in [0.15, 0.2) is 0 Å². The third kappa shape index (κ3) is 9.70. The molecule has 150 valence electrons. The fourth-order valence-corrected chi connectivity index (χ4v) is 4.22. The number of hydrogen-bond acceptors (Lipinski definition) is 3. The second-order valence-corrected chi connectivity index (χ2v) is 8.77. The quantitative estimate of drug-likeness (QED) is 0.423. The summed E-state index contributed by atoms with van der Waals surface area (Å²) in [6.45, 7) is 7.14. The second-order valence-electron chi connectivity index (χ2n) is 7.05.